The Morgan fingerprint density at radius 3 is 2.79 bits per heavy atom. The number of aliphatic hydroxyl groups is 1. The Morgan fingerprint density at radius 2 is 2.21 bits per heavy atom. The first-order valence-electron chi connectivity index (χ1n) is 5.95. The number of methoxy groups -OCH3 is 1. The smallest absolute Gasteiger partial charge is 0.258 e. The molecule has 0 aromatic heterocycles. The van der Waals surface area contributed by atoms with Gasteiger partial charge < -0.3 is 14.7 Å². The van der Waals surface area contributed by atoms with Crippen LogP contribution >= 0.6 is 11.6 Å². The van der Waals surface area contributed by atoms with Gasteiger partial charge in [-0.3, -0.25) is 4.79 Å². The largest absolute Gasteiger partial charge is 0.395 e. The molecule has 0 spiro atoms. The Bertz CT molecular complexity index is 408. The van der Waals surface area contributed by atoms with E-state index in [2.05, 4.69) is 0 Å². The molecule has 4 nitrogen and oxygen atoms in total. The normalized spacial score (nSPS) is 10.5. The molecule has 106 valence electrons. The Hall–Kier alpha value is -1.17. The molecule has 0 radical (unpaired) electrons. The molecule has 6 heteroatoms. The second-order valence-corrected chi connectivity index (χ2v) is 4.37. The van der Waals surface area contributed by atoms with Gasteiger partial charge in [-0.25, -0.2) is 4.39 Å². The lowest BCUT2D eigenvalue weighted by molar-refractivity contribution is 0.0697. The standard InChI is InChI=1S/C13H17ClFNO3/c1-19-9-3-6-16(7-8-17)13(18)12-10(14)4-2-5-11(12)15/h2,4-5,17H,3,6-9H2,1H3. The van der Waals surface area contributed by atoms with Gasteiger partial charge in [-0.1, -0.05) is 17.7 Å². The van der Waals surface area contributed by atoms with E-state index in [9.17, 15) is 9.18 Å². The molecule has 19 heavy (non-hydrogen) atoms. The number of hydrogen-bond donors (Lipinski definition) is 1. The van der Waals surface area contributed by atoms with Gasteiger partial charge in [0.2, 0.25) is 0 Å². The average Bonchev–Trinajstić information content (AvgIpc) is 2.37. The van der Waals surface area contributed by atoms with Gasteiger partial charge in [0.15, 0.2) is 0 Å². The number of hydrogen-bond acceptors (Lipinski definition) is 3. The number of aliphatic hydroxyl groups excluding tert-OH is 1. The first-order valence-corrected chi connectivity index (χ1v) is 6.32. The molecule has 0 aliphatic carbocycles. The quantitative estimate of drug-likeness (QED) is 0.781. The molecule has 1 amide bonds. The number of benzene rings is 1. The third-order valence-electron chi connectivity index (χ3n) is 2.61. The van der Waals surface area contributed by atoms with Crippen molar-refractivity contribution in [3.63, 3.8) is 0 Å². The summed E-state index contributed by atoms with van der Waals surface area (Å²) in [6.07, 6.45) is 0.605. The SMILES string of the molecule is COCCCN(CCO)C(=O)c1c(F)cccc1Cl. The summed E-state index contributed by atoms with van der Waals surface area (Å²) in [5.41, 5.74) is -0.157. The lowest BCUT2D eigenvalue weighted by Crippen LogP contribution is -2.35. The number of halogens is 2. The Balaban J connectivity index is 2.86. The van der Waals surface area contributed by atoms with Gasteiger partial charge in [-0.2, -0.15) is 0 Å². The maximum atomic E-state index is 13.7. The summed E-state index contributed by atoms with van der Waals surface area (Å²) in [7, 11) is 1.56. The maximum absolute atomic E-state index is 13.7. The zero-order chi connectivity index (χ0) is 14.3. The Morgan fingerprint density at radius 1 is 1.47 bits per heavy atom. The van der Waals surface area contributed by atoms with Crippen LogP contribution in [0.1, 0.15) is 16.8 Å². The van der Waals surface area contributed by atoms with E-state index in [1.165, 1.54) is 23.1 Å². The van der Waals surface area contributed by atoms with E-state index in [4.69, 9.17) is 21.4 Å². The topological polar surface area (TPSA) is 49.8 Å². The minimum atomic E-state index is -0.660. The first kappa shape index (κ1) is 15.9. The molecule has 0 bridgehead atoms. The zero-order valence-corrected chi connectivity index (χ0v) is 11.5. The molecule has 1 aromatic carbocycles. The molecule has 1 N–H and O–H groups in total. The summed E-state index contributed by atoms with van der Waals surface area (Å²) in [6, 6.07) is 4.09. The highest BCUT2D eigenvalue weighted by Gasteiger charge is 2.21. The van der Waals surface area contributed by atoms with Crippen molar-refractivity contribution in [3.8, 4) is 0 Å². The highest BCUT2D eigenvalue weighted by molar-refractivity contribution is 6.33. The van der Waals surface area contributed by atoms with Crippen molar-refractivity contribution in [1.29, 1.82) is 0 Å². The predicted octanol–water partition coefficient (Wildman–Crippen LogP) is 1.95. The van der Waals surface area contributed by atoms with E-state index < -0.39 is 11.7 Å². The van der Waals surface area contributed by atoms with Crippen LogP contribution in [-0.2, 0) is 4.74 Å². The summed E-state index contributed by atoms with van der Waals surface area (Å²) in [4.78, 5) is 13.6. The zero-order valence-electron chi connectivity index (χ0n) is 10.7. The van der Waals surface area contributed by atoms with Crippen LogP contribution in [0.3, 0.4) is 0 Å². The van der Waals surface area contributed by atoms with Crippen molar-refractivity contribution < 1.29 is 19.0 Å². The molecule has 1 aromatic rings. The molecule has 0 saturated carbocycles. The van der Waals surface area contributed by atoms with E-state index in [1.807, 2.05) is 0 Å². The van der Waals surface area contributed by atoms with Gasteiger partial charge in [0, 0.05) is 26.8 Å². The minimum absolute atomic E-state index is 0.0691. The number of amides is 1. The van der Waals surface area contributed by atoms with E-state index >= 15 is 0 Å². The van der Waals surface area contributed by atoms with Gasteiger partial charge in [0.25, 0.3) is 5.91 Å². The molecule has 0 aliphatic rings. The van der Waals surface area contributed by atoms with Crippen LogP contribution in [0, 0.1) is 5.82 Å². The average molecular weight is 290 g/mol. The van der Waals surface area contributed by atoms with Crippen LogP contribution in [0.5, 0.6) is 0 Å². The van der Waals surface area contributed by atoms with Gasteiger partial charge in [0.1, 0.15) is 5.82 Å². The number of rotatable bonds is 7. The van der Waals surface area contributed by atoms with Crippen molar-refractivity contribution in [3.05, 3.63) is 34.6 Å². The third kappa shape index (κ3) is 4.45. The number of carbonyl (C=O) groups excluding carboxylic acids is 1. The molecule has 0 saturated heterocycles. The number of nitrogens with zero attached hydrogens (tertiary/aromatic N) is 1. The van der Waals surface area contributed by atoms with Gasteiger partial charge in [0.05, 0.1) is 17.2 Å². The first-order chi connectivity index (χ1) is 9.11. The Kier molecular flexibility index (Phi) is 6.77. The van der Waals surface area contributed by atoms with Gasteiger partial charge in [-0.15, -0.1) is 0 Å². The molecule has 0 atom stereocenters. The van der Waals surface area contributed by atoms with Crippen LogP contribution in [0.2, 0.25) is 5.02 Å². The lowest BCUT2D eigenvalue weighted by atomic mass is 10.1. The summed E-state index contributed by atoms with van der Waals surface area (Å²) >= 11 is 5.86. The fourth-order valence-electron chi connectivity index (χ4n) is 1.70. The fourth-order valence-corrected chi connectivity index (χ4v) is 1.94. The molecule has 0 heterocycles. The molecule has 1 rings (SSSR count). The van der Waals surface area contributed by atoms with E-state index in [1.54, 1.807) is 7.11 Å². The summed E-state index contributed by atoms with van der Waals surface area (Å²) in [5.74, 6) is -1.18. The summed E-state index contributed by atoms with van der Waals surface area (Å²) < 4.78 is 18.6. The van der Waals surface area contributed by atoms with Crippen LogP contribution in [0.15, 0.2) is 18.2 Å². The van der Waals surface area contributed by atoms with E-state index in [-0.39, 0.29) is 23.7 Å². The van der Waals surface area contributed by atoms with Crippen molar-refractivity contribution in [2.75, 3.05) is 33.4 Å². The highest BCUT2D eigenvalue weighted by atomic mass is 35.5. The molecule has 0 unspecified atom stereocenters. The number of ether oxygens (including phenoxy) is 1. The summed E-state index contributed by atoms with van der Waals surface area (Å²) in [5, 5.41) is 9.04. The second-order valence-electron chi connectivity index (χ2n) is 3.96. The molecule has 0 fully saturated rings. The minimum Gasteiger partial charge on any atom is -0.395 e. The van der Waals surface area contributed by atoms with Gasteiger partial charge in [-0.05, 0) is 18.6 Å². The maximum Gasteiger partial charge on any atom is 0.258 e. The molecular formula is C13H17ClFNO3. The van der Waals surface area contributed by atoms with Crippen molar-refractivity contribution in [1.82, 2.24) is 4.90 Å². The van der Waals surface area contributed by atoms with Gasteiger partial charge >= 0.3 is 0 Å². The second kappa shape index (κ2) is 8.09. The van der Waals surface area contributed by atoms with Crippen LogP contribution in [-0.4, -0.2) is 49.3 Å². The highest BCUT2D eigenvalue weighted by Crippen LogP contribution is 2.20. The van der Waals surface area contributed by atoms with Crippen LogP contribution in [0.4, 0.5) is 4.39 Å². The molecular weight excluding hydrogens is 273 g/mol. The lowest BCUT2D eigenvalue weighted by Gasteiger charge is -2.22. The molecule has 0 aliphatic heterocycles. The monoisotopic (exact) mass is 289 g/mol. The van der Waals surface area contributed by atoms with Crippen molar-refractivity contribution >= 4 is 17.5 Å². The number of carbonyl (C=O) groups is 1. The predicted molar refractivity (Wildman–Crippen MR) is 70.9 cm³/mol. The fraction of sp³-hybridized carbons (Fsp3) is 0.462. The van der Waals surface area contributed by atoms with Crippen LogP contribution < -0.4 is 0 Å². The Labute approximate surface area is 116 Å². The van der Waals surface area contributed by atoms with Crippen molar-refractivity contribution in [2.45, 2.75) is 6.42 Å². The third-order valence-corrected chi connectivity index (χ3v) is 2.93. The van der Waals surface area contributed by atoms with Crippen LogP contribution in [0.25, 0.3) is 0 Å². The van der Waals surface area contributed by atoms with E-state index in [0.29, 0.717) is 19.6 Å². The van der Waals surface area contributed by atoms with E-state index in [0.717, 1.165) is 0 Å². The van der Waals surface area contributed by atoms with Crippen molar-refractivity contribution in [2.24, 2.45) is 0 Å². The summed E-state index contributed by atoms with van der Waals surface area (Å²) in [6.45, 7) is 0.802.